The van der Waals surface area contributed by atoms with Crippen molar-refractivity contribution in [3.63, 3.8) is 0 Å². The summed E-state index contributed by atoms with van der Waals surface area (Å²) < 4.78 is 11.3. The van der Waals surface area contributed by atoms with E-state index in [2.05, 4.69) is 16.0 Å². The molecule has 0 spiro atoms. The first-order valence-electron chi connectivity index (χ1n) is 8.15. The van der Waals surface area contributed by atoms with Gasteiger partial charge in [0.05, 0.1) is 18.2 Å². The number of nitrogens with zero attached hydrogens (tertiary/aromatic N) is 4. The van der Waals surface area contributed by atoms with Gasteiger partial charge in [-0.15, -0.1) is 0 Å². The summed E-state index contributed by atoms with van der Waals surface area (Å²) in [7, 11) is 0. The second-order valence-electron chi connectivity index (χ2n) is 7.03. The average Bonchev–Trinajstić information content (AvgIpc) is 2.71. The number of hydrogen-bond donors (Lipinski definition) is 0. The van der Waals surface area contributed by atoms with Gasteiger partial charge in [0.15, 0.2) is 11.6 Å². The van der Waals surface area contributed by atoms with E-state index in [1.165, 1.54) is 0 Å². The Labute approximate surface area is 141 Å². The van der Waals surface area contributed by atoms with Gasteiger partial charge in [-0.2, -0.15) is 5.26 Å². The zero-order chi connectivity index (χ0) is 17.3. The number of piperazine rings is 1. The summed E-state index contributed by atoms with van der Waals surface area (Å²) >= 11 is 0. The lowest BCUT2D eigenvalue weighted by Crippen LogP contribution is -2.55. The van der Waals surface area contributed by atoms with Crippen LogP contribution in [0.25, 0.3) is 0 Å². The molecule has 0 aromatic carbocycles. The molecule has 2 aliphatic heterocycles. The molecule has 3 heterocycles. The molecule has 1 unspecified atom stereocenters. The smallest absolute Gasteiger partial charge is 0.410 e. The van der Waals surface area contributed by atoms with Crippen LogP contribution in [0.3, 0.4) is 0 Å². The Morgan fingerprint density at radius 2 is 2.25 bits per heavy atom. The van der Waals surface area contributed by atoms with Crippen molar-refractivity contribution in [1.29, 1.82) is 5.26 Å². The number of ether oxygens (including phenoxy) is 2. The summed E-state index contributed by atoms with van der Waals surface area (Å²) in [4.78, 5) is 20.6. The van der Waals surface area contributed by atoms with Crippen molar-refractivity contribution in [3.05, 3.63) is 17.8 Å². The largest absolute Gasteiger partial charge is 0.488 e. The molecule has 1 fully saturated rings. The van der Waals surface area contributed by atoms with Crippen molar-refractivity contribution in [3.8, 4) is 11.8 Å². The number of rotatable bonds is 0. The highest BCUT2D eigenvalue weighted by Gasteiger charge is 2.35. The minimum absolute atomic E-state index is 0.106. The maximum Gasteiger partial charge on any atom is 0.410 e. The van der Waals surface area contributed by atoms with Crippen molar-refractivity contribution in [2.75, 3.05) is 31.1 Å². The number of anilines is 1. The summed E-state index contributed by atoms with van der Waals surface area (Å²) in [6.45, 7) is 7.86. The topological polar surface area (TPSA) is 78.7 Å². The van der Waals surface area contributed by atoms with E-state index in [-0.39, 0.29) is 12.1 Å². The quantitative estimate of drug-likeness (QED) is 0.725. The third-order valence-corrected chi connectivity index (χ3v) is 4.11. The van der Waals surface area contributed by atoms with Crippen LogP contribution in [0.1, 0.15) is 32.8 Å². The van der Waals surface area contributed by atoms with Crippen molar-refractivity contribution >= 4 is 11.9 Å². The van der Waals surface area contributed by atoms with Gasteiger partial charge in [-0.05, 0) is 26.8 Å². The monoisotopic (exact) mass is 330 g/mol. The Balaban J connectivity index is 1.80. The van der Waals surface area contributed by atoms with Crippen LogP contribution in [0.15, 0.2) is 12.3 Å². The lowest BCUT2D eigenvalue weighted by molar-refractivity contribution is 0.0210. The molecule has 0 radical (unpaired) electrons. The summed E-state index contributed by atoms with van der Waals surface area (Å²) in [6.07, 6.45) is 2.11. The highest BCUT2D eigenvalue weighted by Crippen LogP contribution is 2.35. The molecule has 24 heavy (non-hydrogen) atoms. The fourth-order valence-corrected chi connectivity index (χ4v) is 3.04. The number of aromatic nitrogens is 1. The van der Waals surface area contributed by atoms with Crippen LogP contribution >= 0.6 is 0 Å². The number of fused-ring (bicyclic) bond motifs is 3. The number of hydrogen-bond acceptors (Lipinski definition) is 6. The van der Waals surface area contributed by atoms with Crippen molar-refractivity contribution in [2.45, 2.75) is 38.8 Å². The second kappa shape index (κ2) is 6.19. The molecular weight excluding hydrogens is 308 g/mol. The normalized spacial score (nSPS) is 20.2. The van der Waals surface area contributed by atoms with Gasteiger partial charge >= 0.3 is 6.09 Å². The minimum atomic E-state index is -0.503. The van der Waals surface area contributed by atoms with Gasteiger partial charge in [0.1, 0.15) is 11.7 Å². The van der Waals surface area contributed by atoms with Gasteiger partial charge in [0, 0.05) is 32.3 Å². The third kappa shape index (κ3) is 3.23. The molecule has 0 bridgehead atoms. The van der Waals surface area contributed by atoms with Crippen molar-refractivity contribution < 1.29 is 14.3 Å². The molecular formula is C17H22N4O3. The van der Waals surface area contributed by atoms with Crippen LogP contribution < -0.4 is 9.64 Å². The fourth-order valence-electron chi connectivity index (χ4n) is 3.04. The van der Waals surface area contributed by atoms with Crippen LogP contribution in [-0.4, -0.2) is 53.9 Å². The molecule has 3 rings (SSSR count). The SMILES string of the molecule is CC(C)(C)OC(=O)N1CCN2c3nccc(C#N)c3OCCC2C1. The van der Waals surface area contributed by atoms with E-state index in [9.17, 15) is 10.1 Å². The summed E-state index contributed by atoms with van der Waals surface area (Å²) in [5.74, 6) is 1.24. The lowest BCUT2D eigenvalue weighted by atomic mass is 10.1. The Hall–Kier alpha value is -2.49. The molecule has 0 saturated carbocycles. The van der Waals surface area contributed by atoms with Crippen LogP contribution in [0.4, 0.5) is 10.6 Å². The zero-order valence-electron chi connectivity index (χ0n) is 14.3. The van der Waals surface area contributed by atoms with Gasteiger partial charge in [-0.1, -0.05) is 0 Å². The van der Waals surface area contributed by atoms with Gasteiger partial charge < -0.3 is 19.3 Å². The van der Waals surface area contributed by atoms with E-state index in [0.29, 0.717) is 43.4 Å². The molecule has 0 N–H and O–H groups in total. The molecule has 7 heteroatoms. The number of carbonyl (C=O) groups excluding carboxylic acids is 1. The van der Waals surface area contributed by atoms with E-state index >= 15 is 0 Å². The van der Waals surface area contributed by atoms with Crippen LogP contribution in [0.5, 0.6) is 5.75 Å². The van der Waals surface area contributed by atoms with Crippen LogP contribution in [-0.2, 0) is 4.74 Å². The van der Waals surface area contributed by atoms with Gasteiger partial charge in [0.25, 0.3) is 0 Å². The zero-order valence-corrected chi connectivity index (χ0v) is 14.3. The van der Waals surface area contributed by atoms with E-state index in [0.717, 1.165) is 6.42 Å². The third-order valence-electron chi connectivity index (χ3n) is 4.11. The minimum Gasteiger partial charge on any atom is -0.488 e. The van der Waals surface area contributed by atoms with Gasteiger partial charge in [0.2, 0.25) is 0 Å². The Kier molecular flexibility index (Phi) is 4.22. The lowest BCUT2D eigenvalue weighted by Gasteiger charge is -2.41. The van der Waals surface area contributed by atoms with Crippen LogP contribution in [0, 0.1) is 11.3 Å². The second-order valence-corrected chi connectivity index (χ2v) is 7.03. The molecule has 128 valence electrons. The summed E-state index contributed by atoms with van der Waals surface area (Å²) in [5, 5.41) is 9.26. The van der Waals surface area contributed by atoms with E-state index in [1.54, 1.807) is 17.2 Å². The molecule has 1 amide bonds. The predicted octanol–water partition coefficient (Wildman–Crippen LogP) is 2.16. The summed E-state index contributed by atoms with van der Waals surface area (Å²) in [6, 6.07) is 3.92. The van der Waals surface area contributed by atoms with E-state index in [4.69, 9.17) is 9.47 Å². The standard InChI is InChI=1S/C17H22N4O3/c1-17(2,3)24-16(22)20-7-8-21-13(11-20)5-9-23-14-12(10-18)4-6-19-15(14)21/h4,6,13H,5,7-9,11H2,1-3H3. The summed E-state index contributed by atoms with van der Waals surface area (Å²) in [5.41, 5.74) is -0.00776. The fraction of sp³-hybridized carbons (Fsp3) is 0.588. The number of nitriles is 1. The Bertz CT molecular complexity index is 677. The first-order chi connectivity index (χ1) is 11.4. The van der Waals surface area contributed by atoms with E-state index < -0.39 is 5.60 Å². The average molecular weight is 330 g/mol. The highest BCUT2D eigenvalue weighted by atomic mass is 16.6. The van der Waals surface area contributed by atoms with Gasteiger partial charge in [-0.25, -0.2) is 9.78 Å². The maximum absolute atomic E-state index is 12.3. The number of pyridine rings is 1. The Morgan fingerprint density at radius 1 is 1.46 bits per heavy atom. The van der Waals surface area contributed by atoms with Crippen molar-refractivity contribution in [1.82, 2.24) is 9.88 Å². The molecule has 0 aliphatic carbocycles. The highest BCUT2D eigenvalue weighted by molar-refractivity contribution is 5.69. The Morgan fingerprint density at radius 3 is 2.96 bits per heavy atom. The molecule has 1 aromatic rings. The van der Waals surface area contributed by atoms with E-state index in [1.807, 2.05) is 20.8 Å². The first kappa shape index (κ1) is 16.4. The predicted molar refractivity (Wildman–Crippen MR) is 88.0 cm³/mol. The van der Waals surface area contributed by atoms with Crippen LogP contribution in [0.2, 0.25) is 0 Å². The maximum atomic E-state index is 12.3. The van der Waals surface area contributed by atoms with Crippen molar-refractivity contribution in [2.24, 2.45) is 0 Å². The number of amides is 1. The number of carbonyl (C=O) groups is 1. The molecule has 1 atom stereocenters. The molecule has 7 nitrogen and oxygen atoms in total. The first-order valence-corrected chi connectivity index (χ1v) is 8.15. The molecule has 1 saturated heterocycles. The van der Waals surface area contributed by atoms with Gasteiger partial charge in [-0.3, -0.25) is 0 Å². The molecule has 2 aliphatic rings. The molecule has 1 aromatic heterocycles.